The minimum atomic E-state index is 0.620. The quantitative estimate of drug-likeness (QED) is 0.901. The molecule has 1 heterocycles. The van der Waals surface area contributed by atoms with Gasteiger partial charge in [-0.3, -0.25) is 0 Å². The zero-order chi connectivity index (χ0) is 13.2. The van der Waals surface area contributed by atoms with E-state index in [1.807, 2.05) is 12.4 Å². The van der Waals surface area contributed by atoms with Crippen molar-refractivity contribution >= 4 is 11.6 Å². The van der Waals surface area contributed by atoms with E-state index in [9.17, 15) is 0 Å². The van der Waals surface area contributed by atoms with Crippen LogP contribution in [-0.2, 0) is 19.4 Å². The van der Waals surface area contributed by atoms with Crippen LogP contribution >= 0.6 is 0 Å². The van der Waals surface area contributed by atoms with Crippen molar-refractivity contribution in [1.29, 1.82) is 0 Å². The molecule has 0 unspecified atom stereocenters. The van der Waals surface area contributed by atoms with E-state index in [1.165, 1.54) is 30.4 Å². The van der Waals surface area contributed by atoms with Crippen LogP contribution in [0.15, 0.2) is 30.6 Å². The van der Waals surface area contributed by atoms with Gasteiger partial charge in [0, 0.05) is 24.6 Å². The average molecular weight is 255 g/mol. The fraction of sp³-hybridized carbons (Fsp3) is 0.438. The molecule has 0 aliphatic heterocycles. The van der Waals surface area contributed by atoms with Crippen LogP contribution in [0.5, 0.6) is 0 Å². The number of anilines is 2. The van der Waals surface area contributed by atoms with Crippen LogP contribution in [0, 0.1) is 5.92 Å². The molecule has 1 aromatic heterocycles. The minimum absolute atomic E-state index is 0.620. The van der Waals surface area contributed by atoms with Crippen molar-refractivity contribution in [3.05, 3.63) is 41.7 Å². The van der Waals surface area contributed by atoms with Crippen LogP contribution in [0.2, 0.25) is 0 Å². The topological polar surface area (TPSA) is 29.9 Å². The number of aryl methyl sites for hydroxylation is 2. The third kappa shape index (κ3) is 2.65. The number of hydrogen-bond donors (Lipinski definition) is 1. The molecule has 3 heteroatoms. The summed E-state index contributed by atoms with van der Waals surface area (Å²) < 4.78 is 2.18. The Morgan fingerprint density at radius 3 is 2.95 bits per heavy atom. The van der Waals surface area contributed by atoms with E-state index >= 15 is 0 Å². The largest absolute Gasteiger partial charge is 0.326 e. The SMILES string of the molecule is CC(C)Cn1ccnc1Nc1ccc2c(c1)CCC2. The molecule has 100 valence electrons. The third-order valence-electron chi connectivity index (χ3n) is 3.63. The predicted molar refractivity (Wildman–Crippen MR) is 78.8 cm³/mol. The highest BCUT2D eigenvalue weighted by Crippen LogP contribution is 2.26. The number of imidazole rings is 1. The van der Waals surface area contributed by atoms with E-state index in [0.29, 0.717) is 5.92 Å². The van der Waals surface area contributed by atoms with E-state index in [2.05, 4.69) is 46.9 Å². The third-order valence-corrected chi connectivity index (χ3v) is 3.63. The van der Waals surface area contributed by atoms with Crippen LogP contribution in [0.1, 0.15) is 31.4 Å². The van der Waals surface area contributed by atoms with E-state index in [1.54, 1.807) is 0 Å². The molecule has 0 bridgehead atoms. The van der Waals surface area contributed by atoms with Crippen LogP contribution in [0.25, 0.3) is 0 Å². The molecule has 1 aliphatic carbocycles. The molecule has 2 aromatic rings. The molecule has 0 spiro atoms. The highest BCUT2D eigenvalue weighted by Gasteiger charge is 2.11. The van der Waals surface area contributed by atoms with Crippen molar-refractivity contribution in [3.8, 4) is 0 Å². The first-order chi connectivity index (χ1) is 9.22. The monoisotopic (exact) mass is 255 g/mol. The van der Waals surface area contributed by atoms with Gasteiger partial charge in [-0.15, -0.1) is 0 Å². The Balaban J connectivity index is 1.80. The molecule has 19 heavy (non-hydrogen) atoms. The zero-order valence-corrected chi connectivity index (χ0v) is 11.7. The van der Waals surface area contributed by atoms with Gasteiger partial charge >= 0.3 is 0 Å². The van der Waals surface area contributed by atoms with E-state index in [0.717, 1.165) is 18.2 Å². The lowest BCUT2D eigenvalue weighted by molar-refractivity contribution is 0.527. The molecular weight excluding hydrogens is 234 g/mol. The van der Waals surface area contributed by atoms with Crippen molar-refractivity contribution in [2.75, 3.05) is 5.32 Å². The lowest BCUT2D eigenvalue weighted by Crippen LogP contribution is -2.07. The Bertz CT molecular complexity index is 569. The van der Waals surface area contributed by atoms with Gasteiger partial charge in [0.15, 0.2) is 0 Å². The maximum absolute atomic E-state index is 4.41. The number of nitrogens with zero attached hydrogens (tertiary/aromatic N) is 2. The maximum atomic E-state index is 4.41. The van der Waals surface area contributed by atoms with Crippen LogP contribution in [-0.4, -0.2) is 9.55 Å². The summed E-state index contributed by atoms with van der Waals surface area (Å²) in [6.07, 6.45) is 7.64. The molecule has 0 saturated heterocycles. The Kier molecular flexibility index (Phi) is 3.28. The van der Waals surface area contributed by atoms with E-state index in [-0.39, 0.29) is 0 Å². The summed E-state index contributed by atoms with van der Waals surface area (Å²) in [6, 6.07) is 6.69. The van der Waals surface area contributed by atoms with Crippen LogP contribution in [0.4, 0.5) is 11.6 Å². The molecule has 1 N–H and O–H groups in total. The Morgan fingerprint density at radius 1 is 1.26 bits per heavy atom. The van der Waals surface area contributed by atoms with Crippen molar-refractivity contribution in [2.45, 2.75) is 39.7 Å². The molecule has 3 nitrogen and oxygen atoms in total. The summed E-state index contributed by atoms with van der Waals surface area (Å²) in [7, 11) is 0. The molecular formula is C16H21N3. The van der Waals surface area contributed by atoms with Gasteiger partial charge in [-0.2, -0.15) is 0 Å². The summed E-state index contributed by atoms with van der Waals surface area (Å²) >= 11 is 0. The van der Waals surface area contributed by atoms with Crippen molar-refractivity contribution < 1.29 is 0 Å². The molecule has 0 saturated carbocycles. The molecule has 0 radical (unpaired) electrons. The molecule has 0 atom stereocenters. The summed E-state index contributed by atoms with van der Waals surface area (Å²) in [6.45, 7) is 5.44. The van der Waals surface area contributed by atoms with Crippen molar-refractivity contribution in [1.82, 2.24) is 9.55 Å². The second kappa shape index (κ2) is 5.08. The Labute approximate surface area is 114 Å². The minimum Gasteiger partial charge on any atom is -0.326 e. The van der Waals surface area contributed by atoms with Gasteiger partial charge in [-0.1, -0.05) is 19.9 Å². The molecule has 1 aromatic carbocycles. The van der Waals surface area contributed by atoms with Gasteiger partial charge in [-0.25, -0.2) is 4.98 Å². The van der Waals surface area contributed by atoms with Gasteiger partial charge < -0.3 is 9.88 Å². The predicted octanol–water partition coefficient (Wildman–Crippen LogP) is 3.77. The first-order valence-corrected chi connectivity index (χ1v) is 7.12. The first-order valence-electron chi connectivity index (χ1n) is 7.12. The van der Waals surface area contributed by atoms with Crippen LogP contribution in [0.3, 0.4) is 0 Å². The Morgan fingerprint density at radius 2 is 2.11 bits per heavy atom. The number of nitrogens with one attached hydrogen (secondary N) is 1. The number of aromatic nitrogens is 2. The molecule has 0 fully saturated rings. The highest BCUT2D eigenvalue weighted by molar-refractivity contribution is 5.57. The second-order valence-electron chi connectivity index (χ2n) is 5.76. The van der Waals surface area contributed by atoms with Crippen molar-refractivity contribution in [2.24, 2.45) is 5.92 Å². The lowest BCUT2D eigenvalue weighted by atomic mass is 10.1. The van der Waals surface area contributed by atoms with Gasteiger partial charge in [0.05, 0.1) is 0 Å². The smallest absolute Gasteiger partial charge is 0.207 e. The Hall–Kier alpha value is -1.77. The summed E-state index contributed by atoms with van der Waals surface area (Å²) in [5.41, 5.74) is 4.15. The summed E-state index contributed by atoms with van der Waals surface area (Å²) in [5, 5.41) is 3.44. The number of benzene rings is 1. The van der Waals surface area contributed by atoms with Gasteiger partial charge in [0.25, 0.3) is 0 Å². The molecule has 1 aliphatic rings. The standard InChI is InChI=1S/C16H21N3/c1-12(2)11-19-9-8-17-16(19)18-15-7-6-13-4-3-5-14(13)10-15/h6-10,12H,3-5,11H2,1-2H3,(H,17,18). The van der Waals surface area contributed by atoms with Crippen molar-refractivity contribution in [3.63, 3.8) is 0 Å². The number of rotatable bonds is 4. The normalized spacial score (nSPS) is 13.8. The lowest BCUT2D eigenvalue weighted by Gasteiger charge is -2.12. The van der Waals surface area contributed by atoms with E-state index in [4.69, 9.17) is 0 Å². The fourth-order valence-corrected chi connectivity index (χ4v) is 2.75. The second-order valence-corrected chi connectivity index (χ2v) is 5.76. The summed E-state index contributed by atoms with van der Waals surface area (Å²) in [5.74, 6) is 1.56. The zero-order valence-electron chi connectivity index (χ0n) is 11.7. The van der Waals surface area contributed by atoms with E-state index < -0.39 is 0 Å². The van der Waals surface area contributed by atoms with Gasteiger partial charge in [0.2, 0.25) is 5.95 Å². The number of fused-ring (bicyclic) bond motifs is 1. The molecule has 0 amide bonds. The number of hydrogen-bond acceptors (Lipinski definition) is 2. The van der Waals surface area contributed by atoms with Crippen LogP contribution < -0.4 is 5.32 Å². The maximum Gasteiger partial charge on any atom is 0.207 e. The molecule has 3 rings (SSSR count). The average Bonchev–Trinajstić information content (AvgIpc) is 2.98. The van der Waals surface area contributed by atoms with Gasteiger partial charge in [-0.05, 0) is 48.4 Å². The summed E-state index contributed by atoms with van der Waals surface area (Å²) in [4.78, 5) is 4.41. The van der Waals surface area contributed by atoms with Gasteiger partial charge in [0.1, 0.15) is 0 Å². The fourth-order valence-electron chi connectivity index (χ4n) is 2.75. The highest BCUT2D eigenvalue weighted by atomic mass is 15.2. The first kappa shape index (κ1) is 12.3.